The molecule has 2 aromatic carbocycles. The van der Waals surface area contributed by atoms with E-state index in [9.17, 15) is 27.1 Å². The van der Waals surface area contributed by atoms with Crippen molar-refractivity contribution < 1.29 is 27.1 Å². The van der Waals surface area contributed by atoms with E-state index in [1.807, 2.05) is 0 Å². The molecule has 0 amide bonds. The molecule has 5 rings (SSSR count). The monoisotopic (exact) mass is 532 g/mol. The minimum absolute atomic E-state index is 0.000183. The van der Waals surface area contributed by atoms with Crippen molar-refractivity contribution in [1.82, 2.24) is 25.0 Å². The Balaban J connectivity index is 1.52. The van der Waals surface area contributed by atoms with Gasteiger partial charge in [0.05, 0.1) is 23.8 Å². The third kappa shape index (κ3) is 5.13. The van der Waals surface area contributed by atoms with Gasteiger partial charge in [-0.1, -0.05) is 29.5 Å². The summed E-state index contributed by atoms with van der Waals surface area (Å²) in [7, 11) is 0. The third-order valence-corrected chi connectivity index (χ3v) is 6.72. The number of aliphatic hydroxyl groups is 1. The van der Waals surface area contributed by atoms with Crippen molar-refractivity contribution >= 4 is 27.4 Å². The molecule has 13 heteroatoms. The third-order valence-electron chi connectivity index (χ3n) is 5.53. The van der Waals surface area contributed by atoms with Crippen LogP contribution in [0, 0.1) is 11.6 Å². The molecule has 1 unspecified atom stereocenters. The van der Waals surface area contributed by atoms with Crippen LogP contribution in [0.4, 0.5) is 27.9 Å². The maximum Gasteiger partial charge on any atom is 0.418 e. The Labute approximate surface area is 210 Å². The number of nitrogens with zero attached hydrogens (tertiary/aromatic N) is 5. The molecule has 7 nitrogen and oxygen atoms in total. The Morgan fingerprint density at radius 1 is 1.08 bits per heavy atom. The van der Waals surface area contributed by atoms with Crippen LogP contribution in [0.2, 0.25) is 0 Å². The highest BCUT2D eigenvalue weighted by Crippen LogP contribution is 2.43. The zero-order valence-corrected chi connectivity index (χ0v) is 19.6. The zero-order chi connectivity index (χ0) is 26.2. The second kappa shape index (κ2) is 9.82. The van der Waals surface area contributed by atoms with Crippen LogP contribution in [0.1, 0.15) is 11.7 Å². The van der Waals surface area contributed by atoms with Crippen LogP contribution >= 0.6 is 11.3 Å². The van der Waals surface area contributed by atoms with Gasteiger partial charge in [0, 0.05) is 17.4 Å². The lowest BCUT2D eigenvalue weighted by atomic mass is 9.95. The van der Waals surface area contributed by atoms with Crippen LogP contribution in [0.3, 0.4) is 0 Å². The first-order chi connectivity index (χ1) is 17.7. The van der Waals surface area contributed by atoms with Gasteiger partial charge in [-0.05, 0) is 40.3 Å². The Hall–Kier alpha value is -3.97. The van der Waals surface area contributed by atoms with Crippen molar-refractivity contribution in [3.63, 3.8) is 0 Å². The molecule has 0 radical (unpaired) electrons. The highest BCUT2D eigenvalue weighted by Gasteiger charge is 2.40. The first-order valence-corrected chi connectivity index (χ1v) is 11.7. The predicted molar refractivity (Wildman–Crippen MR) is 128 cm³/mol. The van der Waals surface area contributed by atoms with E-state index in [1.165, 1.54) is 6.07 Å². The molecule has 0 aliphatic rings. The number of hydrogen-bond donors (Lipinski definition) is 2. The number of fused-ring (bicyclic) bond motifs is 1. The van der Waals surface area contributed by atoms with E-state index in [4.69, 9.17) is 0 Å². The lowest BCUT2D eigenvalue weighted by Gasteiger charge is -2.19. The number of rotatable bonds is 7. The summed E-state index contributed by atoms with van der Waals surface area (Å²) in [6, 6.07) is 9.19. The van der Waals surface area contributed by atoms with Gasteiger partial charge in [0.1, 0.15) is 11.5 Å². The molecule has 0 fully saturated rings. The lowest BCUT2D eigenvalue weighted by Crippen LogP contribution is -2.21. The van der Waals surface area contributed by atoms with E-state index in [0.29, 0.717) is 28.1 Å². The van der Waals surface area contributed by atoms with E-state index in [-0.39, 0.29) is 22.8 Å². The topological polar surface area (TPSA) is 88.8 Å². The van der Waals surface area contributed by atoms with Gasteiger partial charge in [-0.3, -0.25) is 4.68 Å². The Morgan fingerprint density at radius 3 is 2.68 bits per heavy atom. The van der Waals surface area contributed by atoms with Crippen molar-refractivity contribution in [1.29, 1.82) is 0 Å². The first-order valence-electron chi connectivity index (χ1n) is 10.9. The molecule has 3 aromatic heterocycles. The molecule has 3 heterocycles. The van der Waals surface area contributed by atoms with Crippen LogP contribution < -0.4 is 5.32 Å². The largest absolute Gasteiger partial charge is 0.418 e. The fourth-order valence-electron chi connectivity index (χ4n) is 3.83. The lowest BCUT2D eigenvalue weighted by molar-refractivity contribution is -0.206. The maximum absolute atomic E-state index is 14.7. The number of hydrogen-bond acceptors (Lipinski definition) is 7. The van der Waals surface area contributed by atoms with E-state index in [1.54, 1.807) is 35.3 Å². The number of anilines is 1. The van der Waals surface area contributed by atoms with Gasteiger partial charge in [-0.15, -0.1) is 16.4 Å². The van der Waals surface area contributed by atoms with Gasteiger partial charge in [0.15, 0.2) is 11.9 Å². The number of thiophene rings is 1. The molecular formula is C24H17F5N6OS. The summed E-state index contributed by atoms with van der Waals surface area (Å²) in [4.78, 5) is 8.62. The van der Waals surface area contributed by atoms with Crippen molar-refractivity contribution in [3.8, 4) is 21.7 Å². The molecule has 0 saturated heterocycles. The van der Waals surface area contributed by atoms with E-state index in [2.05, 4.69) is 25.6 Å². The Bertz CT molecular complexity index is 1550. The number of aromatic nitrogens is 5. The molecule has 0 aliphatic heterocycles. The van der Waals surface area contributed by atoms with Gasteiger partial charge in [0.2, 0.25) is 5.95 Å². The summed E-state index contributed by atoms with van der Waals surface area (Å²) in [5.41, 5.74) is -0.321. The molecule has 0 saturated carbocycles. The fourth-order valence-corrected chi connectivity index (χ4v) is 5.01. The summed E-state index contributed by atoms with van der Waals surface area (Å²) in [5.74, 6) is -1.27. The quantitative estimate of drug-likeness (QED) is 0.265. The van der Waals surface area contributed by atoms with Crippen molar-refractivity contribution in [2.45, 2.75) is 18.8 Å². The zero-order valence-electron chi connectivity index (χ0n) is 18.7. The molecular weight excluding hydrogens is 515 g/mol. The van der Waals surface area contributed by atoms with Crippen molar-refractivity contribution in [3.05, 3.63) is 78.3 Å². The Kier molecular flexibility index (Phi) is 6.56. The van der Waals surface area contributed by atoms with E-state index < -0.39 is 29.5 Å². The molecule has 2 N–H and O–H groups in total. The fraction of sp³-hybridized carbons (Fsp3) is 0.167. The van der Waals surface area contributed by atoms with Crippen LogP contribution in [0.15, 0.2) is 61.1 Å². The summed E-state index contributed by atoms with van der Waals surface area (Å²) in [5, 5.41) is 21.0. The molecule has 0 aliphatic carbocycles. The SMILES string of the molecule is OC(c1ccc(F)cc1-c1cccc2cc(-c3nc(NCCn4ccnn4)ncc3F)sc12)C(F)(F)F. The summed E-state index contributed by atoms with van der Waals surface area (Å²) < 4.78 is 70.9. The number of benzene rings is 2. The molecule has 37 heavy (non-hydrogen) atoms. The van der Waals surface area contributed by atoms with Gasteiger partial charge in [-0.25, -0.2) is 18.7 Å². The highest BCUT2D eigenvalue weighted by atomic mass is 32.1. The number of aliphatic hydroxyl groups excluding tert-OH is 1. The van der Waals surface area contributed by atoms with Crippen LogP contribution in [-0.2, 0) is 6.54 Å². The number of alkyl halides is 3. The van der Waals surface area contributed by atoms with Gasteiger partial charge in [0.25, 0.3) is 0 Å². The van der Waals surface area contributed by atoms with Crippen LogP contribution in [-0.4, -0.2) is 42.8 Å². The molecule has 0 spiro atoms. The second-order valence-electron chi connectivity index (χ2n) is 7.99. The molecule has 190 valence electrons. The molecule has 1 atom stereocenters. The second-order valence-corrected chi connectivity index (χ2v) is 9.05. The summed E-state index contributed by atoms with van der Waals surface area (Å²) in [6.45, 7) is 0.872. The van der Waals surface area contributed by atoms with Crippen molar-refractivity contribution in [2.75, 3.05) is 11.9 Å². The minimum Gasteiger partial charge on any atom is -0.379 e. The van der Waals surface area contributed by atoms with E-state index in [0.717, 1.165) is 35.7 Å². The average molecular weight is 532 g/mol. The summed E-state index contributed by atoms with van der Waals surface area (Å²) in [6.07, 6.45) is -3.49. The first kappa shape index (κ1) is 24.7. The Morgan fingerprint density at radius 2 is 1.92 bits per heavy atom. The normalized spacial score (nSPS) is 12.7. The van der Waals surface area contributed by atoms with Gasteiger partial charge >= 0.3 is 6.18 Å². The number of halogens is 5. The predicted octanol–water partition coefficient (Wildman–Crippen LogP) is 5.60. The smallest absolute Gasteiger partial charge is 0.379 e. The van der Waals surface area contributed by atoms with Crippen LogP contribution in [0.5, 0.6) is 0 Å². The average Bonchev–Trinajstić information content (AvgIpc) is 3.54. The molecule has 0 bridgehead atoms. The number of nitrogens with one attached hydrogen (secondary N) is 1. The van der Waals surface area contributed by atoms with Crippen LogP contribution in [0.25, 0.3) is 31.8 Å². The highest BCUT2D eigenvalue weighted by molar-refractivity contribution is 7.22. The van der Waals surface area contributed by atoms with E-state index >= 15 is 0 Å². The maximum atomic E-state index is 14.7. The summed E-state index contributed by atoms with van der Waals surface area (Å²) >= 11 is 1.08. The van der Waals surface area contributed by atoms with Gasteiger partial charge in [-0.2, -0.15) is 13.2 Å². The minimum atomic E-state index is -4.94. The molecule has 5 aromatic rings. The van der Waals surface area contributed by atoms with Crippen molar-refractivity contribution in [2.24, 2.45) is 0 Å². The standard InChI is InChI=1S/C24H17F5N6OS/c25-14-4-5-16(22(36)24(27,28)29)17(11-14)15-3-1-2-13-10-19(37-21(13)15)20-18(26)12-31-23(33-20)30-6-8-35-9-7-32-34-35/h1-5,7,9-12,22,36H,6,8H2,(H,30,31,33). The van der Waals surface area contributed by atoms with Gasteiger partial charge < -0.3 is 10.4 Å².